The molecule has 1 aromatic rings. The Bertz CT molecular complexity index is 303. The minimum atomic E-state index is 0.628. The van der Waals surface area contributed by atoms with Gasteiger partial charge in [0.2, 0.25) is 0 Å². The summed E-state index contributed by atoms with van der Waals surface area (Å²) in [6.07, 6.45) is 1.14. The molecular weight excluding hydrogens is 208 g/mol. The number of likely N-dealkylation sites (N-methyl/N-ethyl adjacent to an activating group) is 1. The van der Waals surface area contributed by atoms with Gasteiger partial charge in [-0.15, -0.1) is 0 Å². The maximum atomic E-state index is 3.34. The van der Waals surface area contributed by atoms with Gasteiger partial charge < -0.3 is 10.2 Å². The topological polar surface area (TPSA) is 15.3 Å². The first-order valence-corrected chi connectivity index (χ1v) is 6.62. The van der Waals surface area contributed by atoms with Gasteiger partial charge in [-0.1, -0.05) is 31.2 Å². The van der Waals surface area contributed by atoms with Crippen molar-refractivity contribution in [2.45, 2.75) is 39.8 Å². The molecule has 96 valence electrons. The van der Waals surface area contributed by atoms with Gasteiger partial charge in [0, 0.05) is 19.1 Å². The average molecular weight is 234 g/mol. The van der Waals surface area contributed by atoms with E-state index in [2.05, 4.69) is 62.3 Å². The molecule has 0 saturated carbocycles. The van der Waals surface area contributed by atoms with Crippen LogP contribution in [0.15, 0.2) is 24.3 Å². The smallest absolute Gasteiger partial charge is 0.0205 e. The summed E-state index contributed by atoms with van der Waals surface area (Å²) in [4.78, 5) is 2.38. The molecule has 0 aromatic heterocycles. The van der Waals surface area contributed by atoms with Crippen LogP contribution in [-0.2, 0) is 13.0 Å². The molecule has 0 aliphatic rings. The molecule has 0 heterocycles. The van der Waals surface area contributed by atoms with Gasteiger partial charge in [-0.3, -0.25) is 0 Å². The zero-order valence-electron chi connectivity index (χ0n) is 11.7. The number of nitrogens with zero attached hydrogens (tertiary/aromatic N) is 1. The summed E-state index contributed by atoms with van der Waals surface area (Å²) < 4.78 is 0. The molecule has 1 N–H and O–H groups in total. The number of hydrogen-bond acceptors (Lipinski definition) is 2. The van der Waals surface area contributed by atoms with Gasteiger partial charge >= 0.3 is 0 Å². The Morgan fingerprint density at radius 2 is 1.71 bits per heavy atom. The molecule has 0 aliphatic carbocycles. The first-order valence-electron chi connectivity index (χ1n) is 6.62. The standard InChI is InChI=1S/C15H26N2/c1-5-16-12-15-8-6-14(7-9-15)10-11-17(4)13(2)3/h6-9,13,16H,5,10-12H2,1-4H3. The fraction of sp³-hybridized carbons (Fsp3) is 0.600. The molecule has 0 saturated heterocycles. The van der Waals surface area contributed by atoms with Crippen molar-refractivity contribution in [3.05, 3.63) is 35.4 Å². The number of nitrogens with one attached hydrogen (secondary N) is 1. The van der Waals surface area contributed by atoms with E-state index in [9.17, 15) is 0 Å². The van der Waals surface area contributed by atoms with Crippen LogP contribution in [0.5, 0.6) is 0 Å². The summed E-state index contributed by atoms with van der Waals surface area (Å²) >= 11 is 0. The molecule has 0 aliphatic heterocycles. The van der Waals surface area contributed by atoms with E-state index in [1.807, 2.05) is 0 Å². The van der Waals surface area contributed by atoms with Crippen molar-refractivity contribution in [2.75, 3.05) is 20.1 Å². The van der Waals surface area contributed by atoms with E-state index < -0.39 is 0 Å². The fourth-order valence-electron chi connectivity index (χ4n) is 1.66. The molecule has 0 amide bonds. The SMILES string of the molecule is CCNCc1ccc(CCN(C)C(C)C)cc1. The van der Waals surface area contributed by atoms with Crippen molar-refractivity contribution < 1.29 is 0 Å². The van der Waals surface area contributed by atoms with E-state index >= 15 is 0 Å². The first kappa shape index (κ1) is 14.2. The van der Waals surface area contributed by atoms with Gasteiger partial charge in [0.1, 0.15) is 0 Å². The Morgan fingerprint density at radius 1 is 1.12 bits per heavy atom. The van der Waals surface area contributed by atoms with E-state index in [0.29, 0.717) is 6.04 Å². The third-order valence-electron chi connectivity index (χ3n) is 3.24. The quantitative estimate of drug-likeness (QED) is 0.780. The summed E-state index contributed by atoms with van der Waals surface area (Å²) in [5.41, 5.74) is 2.80. The maximum absolute atomic E-state index is 3.34. The molecule has 1 rings (SSSR count). The van der Waals surface area contributed by atoms with Crippen molar-refractivity contribution in [3.63, 3.8) is 0 Å². The van der Waals surface area contributed by atoms with Crippen molar-refractivity contribution in [2.24, 2.45) is 0 Å². The molecule has 17 heavy (non-hydrogen) atoms. The highest BCUT2D eigenvalue weighted by molar-refractivity contribution is 5.22. The van der Waals surface area contributed by atoms with Crippen LogP contribution in [-0.4, -0.2) is 31.1 Å². The Hall–Kier alpha value is -0.860. The lowest BCUT2D eigenvalue weighted by Crippen LogP contribution is -2.28. The molecular formula is C15H26N2. The van der Waals surface area contributed by atoms with Gasteiger partial charge in [0.05, 0.1) is 0 Å². The first-order chi connectivity index (χ1) is 8.13. The molecule has 2 nitrogen and oxygen atoms in total. The molecule has 0 radical (unpaired) electrons. The van der Waals surface area contributed by atoms with E-state index in [1.165, 1.54) is 11.1 Å². The Kier molecular flexibility index (Phi) is 6.23. The van der Waals surface area contributed by atoms with E-state index in [4.69, 9.17) is 0 Å². The highest BCUT2D eigenvalue weighted by atomic mass is 15.1. The van der Waals surface area contributed by atoms with E-state index in [-0.39, 0.29) is 0 Å². The maximum Gasteiger partial charge on any atom is 0.0205 e. The molecule has 0 fully saturated rings. The zero-order chi connectivity index (χ0) is 12.7. The molecule has 2 heteroatoms. The number of hydrogen-bond donors (Lipinski definition) is 1. The van der Waals surface area contributed by atoms with Gasteiger partial charge in [-0.25, -0.2) is 0 Å². The Balaban J connectivity index is 2.40. The van der Waals surface area contributed by atoms with Gasteiger partial charge in [-0.05, 0) is 45.0 Å². The summed E-state index contributed by atoms with van der Waals surface area (Å²) in [7, 11) is 2.18. The highest BCUT2D eigenvalue weighted by Gasteiger charge is 2.03. The van der Waals surface area contributed by atoms with Gasteiger partial charge in [-0.2, -0.15) is 0 Å². The third kappa shape index (κ3) is 5.33. The van der Waals surface area contributed by atoms with Crippen LogP contribution in [0.3, 0.4) is 0 Å². The lowest BCUT2D eigenvalue weighted by molar-refractivity contribution is 0.277. The second-order valence-electron chi connectivity index (χ2n) is 4.92. The molecule has 0 unspecified atom stereocenters. The van der Waals surface area contributed by atoms with Crippen LogP contribution < -0.4 is 5.32 Å². The fourth-order valence-corrected chi connectivity index (χ4v) is 1.66. The highest BCUT2D eigenvalue weighted by Crippen LogP contribution is 2.06. The zero-order valence-corrected chi connectivity index (χ0v) is 11.7. The van der Waals surface area contributed by atoms with Crippen LogP contribution in [0.4, 0.5) is 0 Å². The monoisotopic (exact) mass is 234 g/mol. The predicted octanol–water partition coefficient (Wildman–Crippen LogP) is 2.68. The van der Waals surface area contributed by atoms with Crippen LogP contribution >= 0.6 is 0 Å². The second-order valence-corrected chi connectivity index (χ2v) is 4.92. The summed E-state index contributed by atoms with van der Waals surface area (Å²) in [6.45, 7) is 9.74. The lowest BCUT2D eigenvalue weighted by Gasteiger charge is -2.20. The predicted molar refractivity (Wildman–Crippen MR) is 75.3 cm³/mol. The van der Waals surface area contributed by atoms with Crippen molar-refractivity contribution in [1.29, 1.82) is 0 Å². The van der Waals surface area contributed by atoms with Crippen LogP contribution in [0.1, 0.15) is 31.9 Å². The normalized spacial score (nSPS) is 11.4. The van der Waals surface area contributed by atoms with Crippen LogP contribution in [0, 0.1) is 0 Å². The van der Waals surface area contributed by atoms with E-state index in [1.54, 1.807) is 0 Å². The second kappa shape index (κ2) is 7.46. The lowest BCUT2D eigenvalue weighted by atomic mass is 10.1. The van der Waals surface area contributed by atoms with Gasteiger partial charge in [0.15, 0.2) is 0 Å². The number of benzene rings is 1. The van der Waals surface area contributed by atoms with Crippen LogP contribution in [0.25, 0.3) is 0 Å². The molecule has 1 aromatic carbocycles. The largest absolute Gasteiger partial charge is 0.313 e. The summed E-state index contributed by atoms with van der Waals surface area (Å²) in [5, 5.41) is 3.34. The van der Waals surface area contributed by atoms with E-state index in [0.717, 1.165) is 26.1 Å². The molecule has 0 atom stereocenters. The minimum Gasteiger partial charge on any atom is -0.313 e. The van der Waals surface area contributed by atoms with Crippen molar-refractivity contribution in [3.8, 4) is 0 Å². The van der Waals surface area contributed by atoms with Crippen LogP contribution in [0.2, 0.25) is 0 Å². The minimum absolute atomic E-state index is 0.628. The summed E-state index contributed by atoms with van der Waals surface area (Å²) in [6, 6.07) is 9.59. The average Bonchev–Trinajstić information content (AvgIpc) is 2.34. The molecule has 0 bridgehead atoms. The van der Waals surface area contributed by atoms with Gasteiger partial charge in [0.25, 0.3) is 0 Å². The molecule has 0 spiro atoms. The Labute approximate surface area is 106 Å². The Morgan fingerprint density at radius 3 is 2.24 bits per heavy atom. The van der Waals surface area contributed by atoms with Crippen molar-refractivity contribution >= 4 is 0 Å². The van der Waals surface area contributed by atoms with Crippen molar-refractivity contribution in [1.82, 2.24) is 10.2 Å². The summed E-state index contributed by atoms with van der Waals surface area (Å²) in [5.74, 6) is 0. The third-order valence-corrected chi connectivity index (χ3v) is 3.24. The number of rotatable bonds is 7.